The lowest BCUT2D eigenvalue weighted by Gasteiger charge is -2.09. The summed E-state index contributed by atoms with van der Waals surface area (Å²) < 4.78 is 5.87. The van der Waals surface area contributed by atoms with Crippen LogP contribution in [0.3, 0.4) is 0 Å². The Labute approximate surface area is 99.8 Å². The zero-order valence-electron chi connectivity index (χ0n) is 7.52. The van der Waals surface area contributed by atoms with Crippen LogP contribution >= 0.6 is 27.5 Å². The lowest BCUT2D eigenvalue weighted by atomic mass is 10.1. The summed E-state index contributed by atoms with van der Waals surface area (Å²) in [7, 11) is 0. The van der Waals surface area contributed by atoms with E-state index in [0.29, 0.717) is 20.8 Å². The van der Waals surface area contributed by atoms with Crippen LogP contribution in [-0.4, -0.2) is 10.1 Å². The molecule has 0 aliphatic heterocycles. The van der Waals surface area contributed by atoms with Crippen molar-refractivity contribution in [2.24, 2.45) is 0 Å². The van der Waals surface area contributed by atoms with E-state index in [1.54, 1.807) is 18.3 Å². The Morgan fingerprint density at radius 2 is 2.27 bits per heavy atom. The first kappa shape index (κ1) is 10.7. The summed E-state index contributed by atoms with van der Waals surface area (Å²) in [5.41, 5.74) is 0.572. The summed E-state index contributed by atoms with van der Waals surface area (Å²) in [4.78, 5) is 3.85. The number of hydrogen-bond donors (Lipinski definition) is 1. The van der Waals surface area contributed by atoms with Crippen molar-refractivity contribution in [3.63, 3.8) is 0 Å². The second kappa shape index (κ2) is 4.35. The lowest BCUT2D eigenvalue weighted by molar-refractivity contribution is 0.188. The van der Waals surface area contributed by atoms with Crippen LogP contribution in [0.1, 0.15) is 17.4 Å². The first-order valence-corrected chi connectivity index (χ1v) is 5.37. The van der Waals surface area contributed by atoms with Gasteiger partial charge in [-0.3, -0.25) is 4.98 Å². The molecule has 0 fully saturated rings. The van der Waals surface area contributed by atoms with Gasteiger partial charge in [0, 0.05) is 18.0 Å². The average molecular weight is 289 g/mol. The number of halogens is 2. The zero-order valence-corrected chi connectivity index (χ0v) is 9.86. The maximum absolute atomic E-state index is 10.0. The Bertz CT molecular complexity index is 472. The van der Waals surface area contributed by atoms with Gasteiger partial charge in [0.15, 0.2) is 5.76 Å². The van der Waals surface area contributed by atoms with Crippen LogP contribution in [0.2, 0.25) is 5.02 Å². The zero-order chi connectivity index (χ0) is 10.8. The standard InChI is InChI=1S/C10H7BrClNO2/c11-7-2-4-15-10(7)9(14)6-1-3-13-5-8(6)12/h1-5,9,14H. The maximum atomic E-state index is 10.0. The van der Waals surface area contributed by atoms with Crippen molar-refractivity contribution in [1.82, 2.24) is 4.98 Å². The van der Waals surface area contributed by atoms with Crippen LogP contribution < -0.4 is 0 Å². The van der Waals surface area contributed by atoms with Crippen molar-refractivity contribution in [2.75, 3.05) is 0 Å². The van der Waals surface area contributed by atoms with Gasteiger partial charge in [-0.05, 0) is 28.1 Å². The molecule has 2 rings (SSSR count). The number of aromatic nitrogens is 1. The van der Waals surface area contributed by atoms with E-state index in [1.165, 1.54) is 12.5 Å². The molecule has 0 saturated carbocycles. The average Bonchev–Trinajstić information content (AvgIpc) is 2.64. The summed E-state index contributed by atoms with van der Waals surface area (Å²) in [6.07, 6.45) is 3.67. The molecule has 2 aromatic rings. The number of aliphatic hydroxyl groups is 1. The highest BCUT2D eigenvalue weighted by Crippen LogP contribution is 2.32. The topological polar surface area (TPSA) is 46.3 Å². The van der Waals surface area contributed by atoms with Crippen molar-refractivity contribution in [3.8, 4) is 0 Å². The monoisotopic (exact) mass is 287 g/mol. The molecule has 0 aromatic carbocycles. The van der Waals surface area contributed by atoms with Gasteiger partial charge in [-0.15, -0.1) is 0 Å². The molecule has 2 aromatic heterocycles. The number of pyridine rings is 1. The third kappa shape index (κ3) is 2.07. The summed E-state index contributed by atoms with van der Waals surface area (Å²) in [5, 5.41) is 10.4. The molecular weight excluding hydrogens is 281 g/mol. The molecule has 1 atom stereocenters. The molecule has 0 aliphatic rings. The van der Waals surface area contributed by atoms with E-state index in [1.807, 2.05) is 0 Å². The number of nitrogens with zero attached hydrogens (tertiary/aromatic N) is 1. The van der Waals surface area contributed by atoms with Gasteiger partial charge in [0.1, 0.15) is 6.10 Å². The molecular formula is C10H7BrClNO2. The van der Waals surface area contributed by atoms with Crippen molar-refractivity contribution >= 4 is 27.5 Å². The Morgan fingerprint density at radius 1 is 1.47 bits per heavy atom. The van der Waals surface area contributed by atoms with Gasteiger partial charge >= 0.3 is 0 Å². The van der Waals surface area contributed by atoms with Crippen LogP contribution in [-0.2, 0) is 0 Å². The van der Waals surface area contributed by atoms with Crippen LogP contribution in [0, 0.1) is 0 Å². The highest BCUT2D eigenvalue weighted by atomic mass is 79.9. The van der Waals surface area contributed by atoms with Gasteiger partial charge in [-0.25, -0.2) is 0 Å². The Morgan fingerprint density at radius 3 is 2.87 bits per heavy atom. The fourth-order valence-corrected chi connectivity index (χ4v) is 1.89. The van der Waals surface area contributed by atoms with Crippen LogP contribution in [0.15, 0.2) is 39.7 Å². The van der Waals surface area contributed by atoms with Gasteiger partial charge in [0.25, 0.3) is 0 Å². The minimum Gasteiger partial charge on any atom is -0.465 e. The van der Waals surface area contributed by atoms with Crippen LogP contribution in [0.4, 0.5) is 0 Å². The minimum atomic E-state index is -0.884. The highest BCUT2D eigenvalue weighted by Gasteiger charge is 2.19. The summed E-state index contributed by atoms with van der Waals surface area (Å²) >= 11 is 9.19. The van der Waals surface area contributed by atoms with E-state index in [-0.39, 0.29) is 0 Å². The quantitative estimate of drug-likeness (QED) is 0.923. The third-order valence-corrected chi connectivity index (χ3v) is 2.96. The minimum absolute atomic E-state index is 0.410. The summed E-state index contributed by atoms with van der Waals surface area (Å²) in [6, 6.07) is 3.37. The predicted molar refractivity (Wildman–Crippen MR) is 59.7 cm³/mol. The van der Waals surface area contributed by atoms with E-state index < -0.39 is 6.10 Å². The van der Waals surface area contributed by atoms with Crippen LogP contribution in [0.5, 0.6) is 0 Å². The summed E-state index contributed by atoms with van der Waals surface area (Å²) in [6.45, 7) is 0. The molecule has 15 heavy (non-hydrogen) atoms. The van der Waals surface area contributed by atoms with E-state index >= 15 is 0 Å². The lowest BCUT2D eigenvalue weighted by Crippen LogP contribution is -1.99. The Hall–Kier alpha value is -0.840. The highest BCUT2D eigenvalue weighted by molar-refractivity contribution is 9.10. The molecule has 1 N–H and O–H groups in total. The Kier molecular flexibility index (Phi) is 3.09. The molecule has 0 amide bonds. The molecule has 0 saturated heterocycles. The molecule has 78 valence electrons. The van der Waals surface area contributed by atoms with Crippen LogP contribution in [0.25, 0.3) is 0 Å². The van der Waals surface area contributed by atoms with Crippen molar-refractivity contribution in [2.45, 2.75) is 6.10 Å². The van der Waals surface area contributed by atoms with E-state index in [9.17, 15) is 5.11 Å². The first-order valence-electron chi connectivity index (χ1n) is 4.20. The SMILES string of the molecule is OC(c1ccncc1Cl)c1occc1Br. The predicted octanol–water partition coefficient (Wildman–Crippen LogP) is 3.17. The number of hydrogen-bond acceptors (Lipinski definition) is 3. The second-order valence-electron chi connectivity index (χ2n) is 2.93. The van der Waals surface area contributed by atoms with E-state index in [0.717, 1.165) is 0 Å². The second-order valence-corrected chi connectivity index (χ2v) is 4.19. The number of furan rings is 1. The molecule has 1 unspecified atom stereocenters. The molecule has 2 heterocycles. The van der Waals surface area contributed by atoms with Crippen molar-refractivity contribution in [3.05, 3.63) is 51.6 Å². The normalized spacial score (nSPS) is 12.7. The number of aliphatic hydroxyl groups excluding tert-OH is 1. The van der Waals surface area contributed by atoms with Crippen molar-refractivity contribution < 1.29 is 9.52 Å². The molecule has 0 aliphatic carbocycles. The number of rotatable bonds is 2. The fraction of sp³-hybridized carbons (Fsp3) is 0.100. The largest absolute Gasteiger partial charge is 0.465 e. The molecule has 5 heteroatoms. The molecule has 0 spiro atoms. The first-order chi connectivity index (χ1) is 7.20. The maximum Gasteiger partial charge on any atom is 0.151 e. The fourth-order valence-electron chi connectivity index (χ4n) is 1.25. The van der Waals surface area contributed by atoms with E-state index in [2.05, 4.69) is 20.9 Å². The van der Waals surface area contributed by atoms with E-state index in [4.69, 9.17) is 16.0 Å². The molecule has 0 bridgehead atoms. The smallest absolute Gasteiger partial charge is 0.151 e. The van der Waals surface area contributed by atoms with Gasteiger partial charge < -0.3 is 9.52 Å². The van der Waals surface area contributed by atoms with Gasteiger partial charge in [0.05, 0.1) is 15.8 Å². The molecule has 0 radical (unpaired) electrons. The van der Waals surface area contributed by atoms with Crippen molar-refractivity contribution in [1.29, 1.82) is 0 Å². The molecule has 3 nitrogen and oxygen atoms in total. The van der Waals surface area contributed by atoms with Gasteiger partial charge in [-0.1, -0.05) is 11.6 Å². The summed E-state index contributed by atoms with van der Waals surface area (Å²) in [5.74, 6) is 0.433. The Balaban J connectivity index is 2.41. The van der Waals surface area contributed by atoms with Gasteiger partial charge in [0.2, 0.25) is 0 Å². The van der Waals surface area contributed by atoms with Gasteiger partial charge in [-0.2, -0.15) is 0 Å². The third-order valence-electron chi connectivity index (χ3n) is 1.99.